The molecule has 0 aliphatic rings. The molecule has 0 aromatic rings. The molecular formula is C11H24N2S. The summed E-state index contributed by atoms with van der Waals surface area (Å²) in [4.78, 5) is 3.16. The summed E-state index contributed by atoms with van der Waals surface area (Å²) in [5.41, 5.74) is 5.45. The van der Waals surface area contributed by atoms with E-state index in [0.717, 1.165) is 19.4 Å². The normalized spacial score (nSPS) is 13.1. The number of nitrogens with two attached hydrogens (primary N) is 1. The highest BCUT2D eigenvalue weighted by Gasteiger charge is 2.08. The molecule has 0 saturated heterocycles. The fraction of sp³-hybridized carbons (Fsp3) is 0.909. The standard InChI is InChI=1S/C11H24N2S/c1-4-10(3)13(5-2)9-7-6-8-11(12)14/h10H,4-9H2,1-3H3,(H2,12,14). The van der Waals surface area contributed by atoms with Gasteiger partial charge in [-0.3, -0.25) is 0 Å². The second-order valence-electron chi connectivity index (χ2n) is 3.81. The summed E-state index contributed by atoms with van der Waals surface area (Å²) in [5, 5.41) is 0. The van der Waals surface area contributed by atoms with E-state index >= 15 is 0 Å². The van der Waals surface area contributed by atoms with Crippen molar-refractivity contribution < 1.29 is 0 Å². The summed E-state index contributed by atoms with van der Waals surface area (Å²) in [6.45, 7) is 9.06. The Bertz CT molecular complexity index is 159. The highest BCUT2D eigenvalue weighted by atomic mass is 32.1. The SMILES string of the molecule is CCC(C)N(CC)CCCCC(N)=S. The number of hydrogen-bond acceptors (Lipinski definition) is 2. The van der Waals surface area contributed by atoms with Crippen molar-refractivity contribution in [1.82, 2.24) is 4.90 Å². The van der Waals surface area contributed by atoms with Crippen LogP contribution in [-0.4, -0.2) is 29.0 Å². The number of thiocarbonyl (C=S) groups is 1. The Morgan fingerprint density at radius 3 is 2.43 bits per heavy atom. The van der Waals surface area contributed by atoms with Crippen molar-refractivity contribution in [1.29, 1.82) is 0 Å². The van der Waals surface area contributed by atoms with E-state index in [1.54, 1.807) is 0 Å². The number of rotatable bonds is 8. The third-order valence-corrected chi connectivity index (χ3v) is 2.94. The van der Waals surface area contributed by atoms with Crippen molar-refractivity contribution in [2.45, 2.75) is 52.5 Å². The third kappa shape index (κ3) is 6.33. The Labute approximate surface area is 93.8 Å². The Morgan fingerprint density at radius 1 is 1.36 bits per heavy atom. The van der Waals surface area contributed by atoms with Crippen molar-refractivity contribution in [3.63, 3.8) is 0 Å². The van der Waals surface area contributed by atoms with Gasteiger partial charge in [0.15, 0.2) is 0 Å². The minimum Gasteiger partial charge on any atom is -0.393 e. The lowest BCUT2D eigenvalue weighted by Crippen LogP contribution is -2.33. The maximum absolute atomic E-state index is 5.45. The van der Waals surface area contributed by atoms with Crippen LogP contribution < -0.4 is 5.73 Å². The van der Waals surface area contributed by atoms with E-state index in [1.165, 1.54) is 19.4 Å². The van der Waals surface area contributed by atoms with Crippen LogP contribution in [-0.2, 0) is 0 Å². The first kappa shape index (κ1) is 13.8. The predicted octanol–water partition coefficient (Wildman–Crippen LogP) is 2.56. The second-order valence-corrected chi connectivity index (χ2v) is 4.33. The van der Waals surface area contributed by atoms with E-state index in [-0.39, 0.29) is 0 Å². The first-order valence-electron chi connectivity index (χ1n) is 5.64. The lowest BCUT2D eigenvalue weighted by atomic mass is 10.2. The van der Waals surface area contributed by atoms with Gasteiger partial charge in [-0.15, -0.1) is 0 Å². The van der Waals surface area contributed by atoms with Crippen LogP contribution in [0.3, 0.4) is 0 Å². The third-order valence-electron chi connectivity index (χ3n) is 2.74. The highest BCUT2D eigenvalue weighted by Crippen LogP contribution is 2.06. The van der Waals surface area contributed by atoms with Gasteiger partial charge in [-0.1, -0.05) is 26.1 Å². The molecular weight excluding hydrogens is 192 g/mol. The molecule has 2 N–H and O–H groups in total. The van der Waals surface area contributed by atoms with Crippen molar-refractivity contribution in [3.05, 3.63) is 0 Å². The summed E-state index contributed by atoms with van der Waals surface area (Å²) in [6.07, 6.45) is 4.45. The van der Waals surface area contributed by atoms with E-state index in [9.17, 15) is 0 Å². The topological polar surface area (TPSA) is 29.3 Å². The zero-order chi connectivity index (χ0) is 11.0. The Balaban J connectivity index is 3.57. The van der Waals surface area contributed by atoms with Crippen LogP contribution in [0, 0.1) is 0 Å². The van der Waals surface area contributed by atoms with Gasteiger partial charge < -0.3 is 10.6 Å². The molecule has 0 fully saturated rings. The zero-order valence-corrected chi connectivity index (χ0v) is 10.6. The predicted molar refractivity (Wildman–Crippen MR) is 67.6 cm³/mol. The molecule has 0 spiro atoms. The van der Waals surface area contributed by atoms with Gasteiger partial charge in [-0.25, -0.2) is 0 Å². The Morgan fingerprint density at radius 2 is 2.00 bits per heavy atom. The van der Waals surface area contributed by atoms with Gasteiger partial charge in [0, 0.05) is 6.04 Å². The molecule has 0 rings (SSSR count). The summed E-state index contributed by atoms with van der Waals surface area (Å²) >= 11 is 4.84. The molecule has 0 saturated carbocycles. The fourth-order valence-electron chi connectivity index (χ4n) is 1.56. The zero-order valence-electron chi connectivity index (χ0n) is 9.75. The molecule has 1 unspecified atom stereocenters. The van der Waals surface area contributed by atoms with Gasteiger partial charge in [0.05, 0.1) is 4.99 Å². The maximum atomic E-state index is 5.45. The lowest BCUT2D eigenvalue weighted by Gasteiger charge is -2.26. The van der Waals surface area contributed by atoms with E-state index in [1.807, 2.05) is 0 Å². The molecule has 0 bridgehead atoms. The molecule has 3 heteroatoms. The summed E-state index contributed by atoms with van der Waals surface area (Å²) in [5.74, 6) is 0. The minimum absolute atomic E-state index is 0.650. The lowest BCUT2D eigenvalue weighted by molar-refractivity contribution is 0.211. The minimum atomic E-state index is 0.650. The van der Waals surface area contributed by atoms with E-state index < -0.39 is 0 Å². The van der Waals surface area contributed by atoms with Gasteiger partial charge in [-0.2, -0.15) is 0 Å². The van der Waals surface area contributed by atoms with Crippen LogP contribution in [0.5, 0.6) is 0 Å². The van der Waals surface area contributed by atoms with Crippen molar-refractivity contribution in [2.75, 3.05) is 13.1 Å². The molecule has 0 aliphatic heterocycles. The molecule has 0 aromatic carbocycles. The van der Waals surface area contributed by atoms with Crippen LogP contribution in [0.15, 0.2) is 0 Å². The van der Waals surface area contributed by atoms with Crippen molar-refractivity contribution in [2.24, 2.45) is 5.73 Å². The number of unbranched alkanes of at least 4 members (excludes halogenated alkanes) is 1. The largest absolute Gasteiger partial charge is 0.393 e. The van der Waals surface area contributed by atoms with Crippen LogP contribution in [0.1, 0.15) is 46.5 Å². The fourth-order valence-corrected chi connectivity index (χ4v) is 1.71. The van der Waals surface area contributed by atoms with Crippen molar-refractivity contribution in [3.8, 4) is 0 Å². The molecule has 0 radical (unpaired) electrons. The second kappa shape index (κ2) is 8.18. The van der Waals surface area contributed by atoms with Crippen molar-refractivity contribution >= 4 is 17.2 Å². The van der Waals surface area contributed by atoms with Gasteiger partial charge in [0.25, 0.3) is 0 Å². The number of nitrogens with zero attached hydrogens (tertiary/aromatic N) is 1. The van der Waals surface area contributed by atoms with Crippen LogP contribution in [0.4, 0.5) is 0 Å². The molecule has 84 valence electrons. The molecule has 0 heterocycles. The molecule has 0 amide bonds. The quantitative estimate of drug-likeness (QED) is 0.499. The summed E-state index contributed by atoms with van der Waals surface area (Å²) in [7, 11) is 0. The Kier molecular flexibility index (Phi) is 8.09. The smallest absolute Gasteiger partial charge is 0.0727 e. The molecule has 0 aliphatic carbocycles. The van der Waals surface area contributed by atoms with E-state index in [0.29, 0.717) is 11.0 Å². The van der Waals surface area contributed by atoms with Crippen LogP contribution in [0.2, 0.25) is 0 Å². The highest BCUT2D eigenvalue weighted by molar-refractivity contribution is 7.80. The first-order chi connectivity index (χ1) is 6.61. The van der Waals surface area contributed by atoms with Crippen LogP contribution >= 0.6 is 12.2 Å². The molecule has 1 atom stereocenters. The van der Waals surface area contributed by atoms with Gasteiger partial charge in [-0.05, 0) is 45.7 Å². The van der Waals surface area contributed by atoms with Gasteiger partial charge >= 0.3 is 0 Å². The van der Waals surface area contributed by atoms with Crippen LogP contribution in [0.25, 0.3) is 0 Å². The van der Waals surface area contributed by atoms with E-state index in [2.05, 4.69) is 25.7 Å². The number of hydrogen-bond donors (Lipinski definition) is 1. The van der Waals surface area contributed by atoms with Gasteiger partial charge in [0.2, 0.25) is 0 Å². The van der Waals surface area contributed by atoms with Gasteiger partial charge in [0.1, 0.15) is 0 Å². The molecule has 14 heavy (non-hydrogen) atoms. The Hall–Kier alpha value is -0.150. The average Bonchev–Trinajstić information content (AvgIpc) is 2.16. The monoisotopic (exact) mass is 216 g/mol. The average molecular weight is 216 g/mol. The summed E-state index contributed by atoms with van der Waals surface area (Å²) in [6, 6.07) is 0.699. The van der Waals surface area contributed by atoms with E-state index in [4.69, 9.17) is 18.0 Å². The maximum Gasteiger partial charge on any atom is 0.0727 e. The summed E-state index contributed by atoms with van der Waals surface area (Å²) < 4.78 is 0. The first-order valence-corrected chi connectivity index (χ1v) is 6.05. The molecule has 2 nitrogen and oxygen atoms in total. The molecule has 0 aromatic heterocycles.